The average Bonchev–Trinajstić information content (AvgIpc) is 3.39. The largest absolute Gasteiger partial charge is 0.495 e. The smallest absolute Gasteiger partial charge is 0.240 e. The molecule has 6 heteroatoms. The van der Waals surface area contributed by atoms with Crippen molar-refractivity contribution in [2.24, 2.45) is 5.41 Å². The molecule has 136 valence electrons. The minimum atomic E-state index is -1.02. The third kappa shape index (κ3) is 3.53. The van der Waals surface area contributed by atoms with Gasteiger partial charge < -0.3 is 15.4 Å². The van der Waals surface area contributed by atoms with Crippen molar-refractivity contribution in [3.63, 3.8) is 0 Å². The van der Waals surface area contributed by atoms with Crippen molar-refractivity contribution in [1.82, 2.24) is 0 Å². The second kappa shape index (κ2) is 7.00. The van der Waals surface area contributed by atoms with Crippen molar-refractivity contribution in [3.05, 3.63) is 52.5 Å². The number of anilines is 2. The Bertz CT molecular complexity index is 875. The summed E-state index contributed by atoms with van der Waals surface area (Å²) in [5, 5.41) is 6.08. The summed E-state index contributed by atoms with van der Waals surface area (Å²) >= 11 is 6.09. The summed E-state index contributed by atoms with van der Waals surface area (Å²) in [6.07, 6.45) is 1.05. The number of aryl methyl sites for hydroxylation is 2. The van der Waals surface area contributed by atoms with E-state index in [-0.39, 0.29) is 11.8 Å². The zero-order chi connectivity index (χ0) is 18.9. The van der Waals surface area contributed by atoms with E-state index in [4.69, 9.17) is 16.3 Å². The Labute approximate surface area is 157 Å². The molecule has 2 aromatic carbocycles. The van der Waals surface area contributed by atoms with Crippen LogP contribution in [0.25, 0.3) is 0 Å². The van der Waals surface area contributed by atoms with Crippen molar-refractivity contribution in [1.29, 1.82) is 0 Å². The molecule has 2 N–H and O–H groups in total. The molecular formula is C20H21ClN2O3. The van der Waals surface area contributed by atoms with Crippen LogP contribution in [0.1, 0.15) is 24.0 Å². The molecule has 0 spiro atoms. The van der Waals surface area contributed by atoms with Crippen molar-refractivity contribution >= 4 is 34.8 Å². The van der Waals surface area contributed by atoms with Gasteiger partial charge in [0.1, 0.15) is 11.2 Å². The van der Waals surface area contributed by atoms with Crippen LogP contribution in [0.15, 0.2) is 36.4 Å². The van der Waals surface area contributed by atoms with Crippen LogP contribution >= 0.6 is 11.6 Å². The molecule has 0 unspecified atom stereocenters. The summed E-state index contributed by atoms with van der Waals surface area (Å²) in [6, 6.07) is 10.8. The summed E-state index contributed by atoms with van der Waals surface area (Å²) in [5.41, 5.74) is 2.33. The highest BCUT2D eigenvalue weighted by molar-refractivity contribution is 6.32. The minimum Gasteiger partial charge on any atom is -0.495 e. The first kappa shape index (κ1) is 18.3. The highest BCUT2D eigenvalue weighted by Gasteiger charge is 2.56. The van der Waals surface area contributed by atoms with Crippen molar-refractivity contribution in [3.8, 4) is 5.75 Å². The number of methoxy groups -OCH3 is 1. The quantitative estimate of drug-likeness (QED) is 0.768. The molecule has 1 saturated carbocycles. The van der Waals surface area contributed by atoms with Gasteiger partial charge in [-0.15, -0.1) is 0 Å². The molecule has 0 aliphatic heterocycles. The SMILES string of the molecule is COc1ccc(NC(=O)C2(C(=O)Nc3ccc(C)cc3C)CC2)cc1Cl. The zero-order valence-corrected chi connectivity index (χ0v) is 15.7. The van der Waals surface area contributed by atoms with Gasteiger partial charge in [-0.25, -0.2) is 0 Å². The monoisotopic (exact) mass is 372 g/mol. The predicted molar refractivity (Wildman–Crippen MR) is 103 cm³/mol. The van der Waals surface area contributed by atoms with Crippen LogP contribution in [0.2, 0.25) is 5.02 Å². The van der Waals surface area contributed by atoms with Gasteiger partial charge in [0.05, 0.1) is 12.1 Å². The summed E-state index contributed by atoms with van der Waals surface area (Å²) < 4.78 is 5.10. The van der Waals surface area contributed by atoms with Gasteiger partial charge in [0.2, 0.25) is 11.8 Å². The first-order valence-electron chi connectivity index (χ1n) is 8.39. The molecule has 2 amide bonds. The molecule has 1 aliphatic carbocycles. The Morgan fingerprint density at radius 1 is 1.04 bits per heavy atom. The summed E-state index contributed by atoms with van der Waals surface area (Å²) in [6.45, 7) is 3.93. The maximum atomic E-state index is 12.7. The normalized spacial score (nSPS) is 14.5. The molecule has 2 aromatic rings. The standard InChI is InChI=1S/C20H21ClN2O3/c1-12-4-6-16(13(2)10-12)23-19(25)20(8-9-20)18(24)22-14-5-7-17(26-3)15(21)11-14/h4-7,10-11H,8-9H2,1-3H3,(H,22,24)(H,23,25). The van der Waals surface area contributed by atoms with Crippen molar-refractivity contribution < 1.29 is 14.3 Å². The van der Waals surface area contributed by atoms with Gasteiger partial charge in [0.15, 0.2) is 0 Å². The molecule has 5 nitrogen and oxygen atoms in total. The van der Waals surface area contributed by atoms with E-state index in [9.17, 15) is 9.59 Å². The second-order valence-corrected chi connectivity index (χ2v) is 7.07. The van der Waals surface area contributed by atoms with Crippen LogP contribution < -0.4 is 15.4 Å². The second-order valence-electron chi connectivity index (χ2n) is 6.66. The Morgan fingerprint density at radius 3 is 2.31 bits per heavy atom. The predicted octanol–water partition coefficient (Wildman–Crippen LogP) is 4.32. The molecular weight excluding hydrogens is 352 g/mol. The maximum Gasteiger partial charge on any atom is 0.240 e. The molecule has 0 saturated heterocycles. The van der Waals surface area contributed by atoms with Gasteiger partial charge in [-0.05, 0) is 56.5 Å². The number of carbonyl (C=O) groups is 2. The fraction of sp³-hybridized carbons (Fsp3) is 0.300. The lowest BCUT2D eigenvalue weighted by atomic mass is 10.0. The molecule has 0 aromatic heterocycles. The first-order valence-corrected chi connectivity index (χ1v) is 8.77. The fourth-order valence-corrected chi connectivity index (χ4v) is 3.13. The number of benzene rings is 2. The molecule has 0 heterocycles. The number of hydrogen-bond acceptors (Lipinski definition) is 3. The lowest BCUT2D eigenvalue weighted by Gasteiger charge is -2.17. The van der Waals surface area contributed by atoms with Gasteiger partial charge in [-0.2, -0.15) is 0 Å². The third-order valence-electron chi connectivity index (χ3n) is 4.66. The van der Waals surface area contributed by atoms with E-state index in [0.717, 1.165) is 16.8 Å². The van der Waals surface area contributed by atoms with Gasteiger partial charge in [-0.1, -0.05) is 29.3 Å². The van der Waals surface area contributed by atoms with E-state index in [1.54, 1.807) is 18.2 Å². The van der Waals surface area contributed by atoms with Crippen LogP contribution in [0.5, 0.6) is 5.75 Å². The Balaban J connectivity index is 1.72. The maximum absolute atomic E-state index is 12.7. The van der Waals surface area contributed by atoms with Crippen molar-refractivity contribution in [2.75, 3.05) is 17.7 Å². The van der Waals surface area contributed by atoms with E-state index in [1.165, 1.54) is 7.11 Å². The Morgan fingerprint density at radius 2 is 1.73 bits per heavy atom. The van der Waals surface area contributed by atoms with E-state index >= 15 is 0 Å². The van der Waals surface area contributed by atoms with E-state index < -0.39 is 5.41 Å². The van der Waals surface area contributed by atoms with Crippen LogP contribution in [0.3, 0.4) is 0 Å². The number of carbonyl (C=O) groups excluding carboxylic acids is 2. The molecule has 1 aliphatic rings. The Kier molecular flexibility index (Phi) is 4.92. The molecule has 0 bridgehead atoms. The van der Waals surface area contributed by atoms with Crippen molar-refractivity contribution in [2.45, 2.75) is 26.7 Å². The number of nitrogens with one attached hydrogen (secondary N) is 2. The van der Waals surface area contributed by atoms with Gasteiger partial charge >= 0.3 is 0 Å². The van der Waals surface area contributed by atoms with Gasteiger partial charge in [0, 0.05) is 11.4 Å². The highest BCUT2D eigenvalue weighted by Crippen LogP contribution is 2.47. The van der Waals surface area contributed by atoms with Crippen LogP contribution in [-0.4, -0.2) is 18.9 Å². The molecule has 26 heavy (non-hydrogen) atoms. The molecule has 1 fully saturated rings. The van der Waals surface area contributed by atoms with Crippen LogP contribution in [0, 0.1) is 19.3 Å². The minimum absolute atomic E-state index is 0.276. The first-order chi connectivity index (χ1) is 12.4. The highest BCUT2D eigenvalue weighted by atomic mass is 35.5. The van der Waals surface area contributed by atoms with Gasteiger partial charge in [-0.3, -0.25) is 9.59 Å². The molecule has 0 atom stereocenters. The summed E-state index contributed by atoms with van der Waals surface area (Å²) in [5.74, 6) is -0.0686. The molecule has 0 radical (unpaired) electrons. The number of hydrogen-bond donors (Lipinski definition) is 2. The van der Waals surface area contributed by atoms with Gasteiger partial charge in [0.25, 0.3) is 0 Å². The number of ether oxygens (including phenoxy) is 1. The Hall–Kier alpha value is -2.53. The van der Waals surface area contributed by atoms with E-state index in [1.807, 2.05) is 32.0 Å². The van der Waals surface area contributed by atoms with E-state index in [0.29, 0.717) is 29.3 Å². The topological polar surface area (TPSA) is 67.4 Å². The average molecular weight is 373 g/mol. The summed E-state index contributed by atoms with van der Waals surface area (Å²) in [7, 11) is 1.52. The molecule has 3 rings (SSSR count). The number of halogens is 1. The van der Waals surface area contributed by atoms with E-state index in [2.05, 4.69) is 10.6 Å². The number of amides is 2. The third-order valence-corrected chi connectivity index (χ3v) is 4.95. The number of rotatable bonds is 5. The van der Waals surface area contributed by atoms with Crippen LogP contribution in [0.4, 0.5) is 11.4 Å². The zero-order valence-electron chi connectivity index (χ0n) is 15.0. The fourth-order valence-electron chi connectivity index (χ4n) is 2.87. The van der Waals surface area contributed by atoms with Crippen LogP contribution in [-0.2, 0) is 9.59 Å². The summed E-state index contributed by atoms with van der Waals surface area (Å²) in [4.78, 5) is 25.4. The lowest BCUT2D eigenvalue weighted by Crippen LogP contribution is -2.35. The lowest BCUT2D eigenvalue weighted by molar-refractivity contribution is -0.131.